The van der Waals surface area contributed by atoms with E-state index in [1.165, 1.54) is 11.9 Å². The Kier molecular flexibility index (Phi) is 4.72. The molecule has 140 valence electrons. The van der Waals surface area contributed by atoms with Gasteiger partial charge in [-0.05, 0) is 24.6 Å². The van der Waals surface area contributed by atoms with Gasteiger partial charge in [-0.2, -0.15) is 0 Å². The van der Waals surface area contributed by atoms with Crippen LogP contribution in [0, 0.1) is 6.92 Å². The Balaban J connectivity index is 1.47. The number of fused-ring (bicyclic) bond motifs is 1. The number of furan rings is 1. The topological polar surface area (TPSA) is 82.4 Å². The third-order valence-corrected chi connectivity index (χ3v) is 5.11. The van der Waals surface area contributed by atoms with Crippen molar-refractivity contribution in [2.45, 2.75) is 13.5 Å². The second kappa shape index (κ2) is 7.17. The molecule has 3 heterocycles. The largest absolute Gasteiger partial charge is 0.442 e. The first kappa shape index (κ1) is 17.8. The number of amides is 1. The lowest BCUT2D eigenvalue weighted by molar-refractivity contribution is 0.0628. The number of aromatic amines is 1. The van der Waals surface area contributed by atoms with Gasteiger partial charge in [-0.3, -0.25) is 14.5 Å². The van der Waals surface area contributed by atoms with Gasteiger partial charge >= 0.3 is 0 Å². The van der Waals surface area contributed by atoms with Crippen molar-refractivity contribution in [3.05, 3.63) is 62.9 Å². The molecule has 0 saturated carbocycles. The molecule has 0 unspecified atom stereocenters. The highest BCUT2D eigenvalue weighted by Gasteiger charge is 2.28. The van der Waals surface area contributed by atoms with Crippen LogP contribution in [0.4, 0.5) is 0 Å². The van der Waals surface area contributed by atoms with Gasteiger partial charge in [-0.1, -0.05) is 23.7 Å². The molecule has 1 aliphatic rings. The van der Waals surface area contributed by atoms with Gasteiger partial charge in [0, 0.05) is 37.7 Å². The Hall–Kier alpha value is -2.64. The first-order valence-corrected chi connectivity index (χ1v) is 9.13. The number of halogens is 1. The first-order valence-electron chi connectivity index (χ1n) is 8.76. The number of nitrogens with zero attached hydrogens (tertiary/aromatic N) is 3. The highest BCUT2D eigenvalue weighted by molar-refractivity contribution is 6.30. The van der Waals surface area contributed by atoms with E-state index in [0.717, 1.165) is 24.7 Å². The molecular weight excluding hydrogens is 368 g/mol. The average molecular weight is 387 g/mol. The lowest BCUT2D eigenvalue weighted by atomic mass is 10.1. The summed E-state index contributed by atoms with van der Waals surface area (Å²) >= 11 is 5.93. The Morgan fingerprint density at radius 1 is 1.22 bits per heavy atom. The van der Waals surface area contributed by atoms with Crippen LogP contribution in [0.1, 0.15) is 21.7 Å². The maximum absolute atomic E-state index is 13.0. The molecule has 1 aliphatic heterocycles. The van der Waals surface area contributed by atoms with Crippen LogP contribution >= 0.6 is 11.6 Å². The lowest BCUT2D eigenvalue weighted by Gasteiger charge is -2.34. The van der Waals surface area contributed by atoms with Crippen LogP contribution in [-0.2, 0) is 6.54 Å². The number of carbonyl (C=O) groups is 1. The molecule has 0 atom stereocenters. The minimum Gasteiger partial charge on any atom is -0.442 e. The highest BCUT2D eigenvalue weighted by atomic mass is 35.5. The fourth-order valence-electron chi connectivity index (χ4n) is 3.43. The zero-order valence-corrected chi connectivity index (χ0v) is 15.6. The van der Waals surface area contributed by atoms with Crippen LogP contribution in [0.25, 0.3) is 11.1 Å². The lowest BCUT2D eigenvalue weighted by Crippen LogP contribution is -2.48. The zero-order chi connectivity index (χ0) is 19.0. The molecule has 1 saturated heterocycles. The van der Waals surface area contributed by atoms with E-state index >= 15 is 0 Å². The minimum absolute atomic E-state index is 0.184. The van der Waals surface area contributed by atoms with Gasteiger partial charge in [0.2, 0.25) is 5.71 Å². The first-order chi connectivity index (χ1) is 13.0. The van der Waals surface area contributed by atoms with Crippen molar-refractivity contribution in [1.29, 1.82) is 0 Å². The SMILES string of the molecule is Cc1oc2nc[nH]c(=O)c2c1C(=O)N1CCN(Cc2ccc(Cl)cc2)CC1. The fourth-order valence-corrected chi connectivity index (χ4v) is 3.55. The molecular formula is C19H19ClN4O3. The molecule has 0 spiro atoms. The van der Waals surface area contributed by atoms with E-state index in [4.69, 9.17) is 16.0 Å². The van der Waals surface area contributed by atoms with Crippen molar-refractivity contribution < 1.29 is 9.21 Å². The number of piperazine rings is 1. The zero-order valence-electron chi connectivity index (χ0n) is 14.9. The summed E-state index contributed by atoms with van der Waals surface area (Å²) in [6.07, 6.45) is 1.28. The molecule has 1 aromatic carbocycles. The predicted molar refractivity (Wildman–Crippen MR) is 102 cm³/mol. The number of nitrogens with one attached hydrogen (secondary N) is 1. The van der Waals surface area contributed by atoms with Crippen molar-refractivity contribution in [2.75, 3.05) is 26.2 Å². The van der Waals surface area contributed by atoms with Crippen LogP contribution in [0.5, 0.6) is 0 Å². The summed E-state index contributed by atoms with van der Waals surface area (Å²) in [5.74, 6) is 0.235. The van der Waals surface area contributed by atoms with Gasteiger partial charge in [-0.25, -0.2) is 4.98 Å². The fraction of sp³-hybridized carbons (Fsp3) is 0.316. The van der Waals surface area contributed by atoms with Gasteiger partial charge in [0.1, 0.15) is 11.1 Å². The van der Waals surface area contributed by atoms with Crippen LogP contribution in [0.15, 0.2) is 39.8 Å². The van der Waals surface area contributed by atoms with Gasteiger partial charge in [0.15, 0.2) is 0 Å². The molecule has 1 fully saturated rings. The van der Waals surface area contributed by atoms with E-state index in [1.54, 1.807) is 11.8 Å². The van der Waals surface area contributed by atoms with E-state index in [1.807, 2.05) is 24.3 Å². The second-order valence-electron chi connectivity index (χ2n) is 6.64. The molecule has 1 N–H and O–H groups in total. The number of hydrogen-bond donors (Lipinski definition) is 1. The molecule has 27 heavy (non-hydrogen) atoms. The summed E-state index contributed by atoms with van der Waals surface area (Å²) in [4.78, 5) is 35.7. The number of aryl methyl sites for hydroxylation is 1. The quantitative estimate of drug-likeness (QED) is 0.747. The number of rotatable bonds is 3. The van der Waals surface area contributed by atoms with E-state index in [0.29, 0.717) is 24.4 Å². The van der Waals surface area contributed by atoms with Crippen molar-refractivity contribution in [2.24, 2.45) is 0 Å². The Morgan fingerprint density at radius 3 is 2.63 bits per heavy atom. The minimum atomic E-state index is -0.360. The number of H-pyrrole nitrogens is 1. The Morgan fingerprint density at radius 2 is 1.93 bits per heavy atom. The summed E-state index contributed by atoms with van der Waals surface area (Å²) in [5, 5.41) is 0.949. The molecule has 4 rings (SSSR count). The van der Waals surface area contributed by atoms with Crippen molar-refractivity contribution in [3.8, 4) is 0 Å². The summed E-state index contributed by atoms with van der Waals surface area (Å²) in [5.41, 5.74) is 1.33. The molecule has 7 nitrogen and oxygen atoms in total. The summed E-state index contributed by atoms with van der Waals surface area (Å²) < 4.78 is 5.50. The van der Waals surface area contributed by atoms with Crippen LogP contribution < -0.4 is 5.56 Å². The van der Waals surface area contributed by atoms with Crippen molar-refractivity contribution in [1.82, 2.24) is 19.8 Å². The summed E-state index contributed by atoms with van der Waals surface area (Å²) in [6, 6.07) is 7.80. The van der Waals surface area contributed by atoms with Gasteiger partial charge in [-0.15, -0.1) is 0 Å². The standard InChI is InChI=1S/C19H19ClN4O3/c1-12-15(16-17(25)21-11-22-18(16)27-12)19(26)24-8-6-23(7-9-24)10-13-2-4-14(20)5-3-13/h2-5,11H,6-10H2,1H3,(H,21,22,25). The van der Waals surface area contributed by atoms with Crippen LogP contribution in [0.3, 0.4) is 0 Å². The third kappa shape index (κ3) is 3.48. The summed E-state index contributed by atoms with van der Waals surface area (Å²) in [7, 11) is 0. The van der Waals surface area contributed by atoms with Crippen molar-refractivity contribution >= 4 is 28.6 Å². The number of carbonyl (C=O) groups excluding carboxylic acids is 1. The summed E-state index contributed by atoms with van der Waals surface area (Å²) in [6.45, 7) is 5.21. The van der Waals surface area contributed by atoms with Crippen molar-refractivity contribution in [3.63, 3.8) is 0 Å². The third-order valence-electron chi connectivity index (χ3n) is 4.86. The van der Waals surface area contributed by atoms with Gasteiger partial charge < -0.3 is 14.3 Å². The second-order valence-corrected chi connectivity index (χ2v) is 7.08. The Labute approximate surface area is 160 Å². The molecule has 0 aliphatic carbocycles. The molecule has 1 amide bonds. The Bertz CT molecular complexity index is 1030. The molecule has 2 aromatic heterocycles. The number of benzene rings is 1. The average Bonchev–Trinajstić information content (AvgIpc) is 3.01. The van der Waals surface area contributed by atoms with E-state index < -0.39 is 0 Å². The highest BCUT2D eigenvalue weighted by Crippen LogP contribution is 2.23. The monoisotopic (exact) mass is 386 g/mol. The predicted octanol–water partition coefficient (Wildman–Crippen LogP) is 2.44. The normalized spacial score (nSPS) is 15.4. The molecule has 8 heteroatoms. The van der Waals surface area contributed by atoms with E-state index in [9.17, 15) is 9.59 Å². The van der Waals surface area contributed by atoms with Crippen LogP contribution in [0.2, 0.25) is 5.02 Å². The van der Waals surface area contributed by atoms with E-state index in [2.05, 4.69) is 14.9 Å². The number of aromatic nitrogens is 2. The molecule has 0 radical (unpaired) electrons. The molecule has 0 bridgehead atoms. The number of hydrogen-bond acceptors (Lipinski definition) is 5. The van der Waals surface area contributed by atoms with Gasteiger partial charge in [0.25, 0.3) is 11.5 Å². The maximum atomic E-state index is 13.0. The van der Waals surface area contributed by atoms with Crippen LogP contribution in [-0.4, -0.2) is 51.9 Å². The maximum Gasteiger partial charge on any atom is 0.262 e. The van der Waals surface area contributed by atoms with Gasteiger partial charge in [0.05, 0.1) is 11.9 Å². The molecule has 3 aromatic rings. The smallest absolute Gasteiger partial charge is 0.262 e. The van der Waals surface area contributed by atoms with E-state index in [-0.39, 0.29) is 22.6 Å².